The van der Waals surface area contributed by atoms with E-state index in [-0.39, 0.29) is 17.6 Å². The Hall–Kier alpha value is 0.210. The average molecular weight is 233 g/mol. The van der Waals surface area contributed by atoms with Gasteiger partial charge in [-0.15, -0.1) is 11.6 Å². The van der Waals surface area contributed by atoms with Gasteiger partial charge in [0.25, 0.3) is 0 Å². The van der Waals surface area contributed by atoms with Crippen molar-refractivity contribution in [2.75, 3.05) is 7.11 Å². The van der Waals surface area contributed by atoms with Crippen LogP contribution in [0.5, 0.6) is 0 Å². The topological polar surface area (TPSA) is 18.5 Å². The van der Waals surface area contributed by atoms with Crippen molar-refractivity contribution in [3.05, 3.63) is 0 Å². The third-order valence-electron chi connectivity index (χ3n) is 3.62. The summed E-state index contributed by atoms with van der Waals surface area (Å²) in [4.78, 5) is 0. The maximum absolute atomic E-state index is 6.07. The summed E-state index contributed by atoms with van der Waals surface area (Å²) in [6, 6.07) is 0. The van der Waals surface area contributed by atoms with E-state index in [0.717, 1.165) is 6.42 Å². The van der Waals surface area contributed by atoms with Crippen LogP contribution in [0.1, 0.15) is 44.9 Å². The highest BCUT2D eigenvalue weighted by Crippen LogP contribution is 2.34. The highest BCUT2D eigenvalue weighted by Gasteiger charge is 2.42. The summed E-state index contributed by atoms with van der Waals surface area (Å²) in [6.45, 7) is 0. The Kier molecular flexibility index (Phi) is 4.30. The van der Waals surface area contributed by atoms with Gasteiger partial charge < -0.3 is 9.47 Å². The first kappa shape index (κ1) is 11.7. The van der Waals surface area contributed by atoms with Crippen molar-refractivity contribution in [3.8, 4) is 0 Å². The largest absolute Gasteiger partial charge is 0.377 e. The molecule has 88 valence electrons. The minimum absolute atomic E-state index is 0.120. The molecule has 0 radical (unpaired) electrons. The van der Waals surface area contributed by atoms with E-state index in [0.29, 0.717) is 6.10 Å². The van der Waals surface area contributed by atoms with Gasteiger partial charge >= 0.3 is 0 Å². The molecule has 2 nitrogen and oxygen atoms in total. The molecular weight excluding hydrogens is 212 g/mol. The zero-order chi connectivity index (χ0) is 10.7. The molecular formula is C12H21ClO2. The lowest BCUT2D eigenvalue weighted by Crippen LogP contribution is -2.51. The van der Waals surface area contributed by atoms with E-state index in [1.54, 1.807) is 7.11 Å². The zero-order valence-corrected chi connectivity index (χ0v) is 10.2. The molecule has 15 heavy (non-hydrogen) atoms. The van der Waals surface area contributed by atoms with Crippen LogP contribution in [0, 0.1) is 0 Å². The second-order valence-electron chi connectivity index (χ2n) is 4.74. The number of hydrogen-bond donors (Lipinski definition) is 0. The molecule has 0 aromatic rings. The van der Waals surface area contributed by atoms with Crippen LogP contribution in [0.4, 0.5) is 0 Å². The highest BCUT2D eigenvalue weighted by atomic mass is 35.5. The van der Waals surface area contributed by atoms with Gasteiger partial charge in [0.1, 0.15) is 0 Å². The first-order chi connectivity index (χ1) is 7.31. The molecule has 0 aliphatic heterocycles. The molecule has 0 heterocycles. The Morgan fingerprint density at radius 3 is 2.27 bits per heavy atom. The van der Waals surface area contributed by atoms with Gasteiger partial charge in [-0.3, -0.25) is 0 Å². The normalized spacial score (nSPS) is 38.4. The molecule has 3 heteroatoms. The maximum atomic E-state index is 6.07. The Bertz CT molecular complexity index is 190. The third-order valence-corrected chi connectivity index (χ3v) is 4.05. The monoisotopic (exact) mass is 232 g/mol. The van der Waals surface area contributed by atoms with Gasteiger partial charge in [-0.2, -0.15) is 0 Å². The summed E-state index contributed by atoms with van der Waals surface area (Å²) in [5, 5.41) is 0.158. The average Bonchev–Trinajstić information content (AvgIpc) is 2.46. The molecule has 2 saturated carbocycles. The molecule has 0 bridgehead atoms. The number of alkyl halides is 1. The predicted molar refractivity (Wildman–Crippen MR) is 61.4 cm³/mol. The molecule has 0 spiro atoms. The minimum atomic E-state index is 0.120. The second kappa shape index (κ2) is 5.51. The van der Waals surface area contributed by atoms with Crippen LogP contribution >= 0.6 is 11.6 Å². The summed E-state index contributed by atoms with van der Waals surface area (Å²) in [5.41, 5.74) is 0. The van der Waals surface area contributed by atoms with Crippen molar-refractivity contribution in [1.29, 1.82) is 0 Å². The first-order valence-corrected chi connectivity index (χ1v) is 6.57. The van der Waals surface area contributed by atoms with E-state index in [1.807, 2.05) is 0 Å². The van der Waals surface area contributed by atoms with Crippen LogP contribution < -0.4 is 0 Å². The van der Waals surface area contributed by atoms with Gasteiger partial charge in [0.05, 0.1) is 23.7 Å². The molecule has 0 aromatic carbocycles. The standard InChI is InChI=1S/C12H21ClO2/c1-14-12-10(13)8-11(12)15-9-6-4-2-3-5-7-9/h9-12H,2-8H2,1H3. The molecule has 0 amide bonds. The van der Waals surface area contributed by atoms with Crippen molar-refractivity contribution in [2.45, 2.75) is 68.6 Å². The number of rotatable bonds is 3. The molecule has 2 aliphatic rings. The molecule has 0 saturated heterocycles. The number of halogens is 1. The van der Waals surface area contributed by atoms with E-state index < -0.39 is 0 Å². The highest BCUT2D eigenvalue weighted by molar-refractivity contribution is 6.21. The quantitative estimate of drug-likeness (QED) is 0.550. The summed E-state index contributed by atoms with van der Waals surface area (Å²) in [5.74, 6) is 0. The Balaban J connectivity index is 1.76. The summed E-state index contributed by atoms with van der Waals surface area (Å²) in [7, 11) is 1.72. The van der Waals surface area contributed by atoms with Crippen molar-refractivity contribution in [3.63, 3.8) is 0 Å². The molecule has 0 N–H and O–H groups in total. The smallest absolute Gasteiger partial charge is 0.0997 e. The predicted octanol–water partition coefficient (Wildman–Crippen LogP) is 3.12. The number of hydrogen-bond acceptors (Lipinski definition) is 2. The third kappa shape index (κ3) is 2.86. The van der Waals surface area contributed by atoms with Gasteiger partial charge in [0.2, 0.25) is 0 Å². The molecule has 3 unspecified atom stereocenters. The van der Waals surface area contributed by atoms with Gasteiger partial charge in [0.15, 0.2) is 0 Å². The van der Waals surface area contributed by atoms with Gasteiger partial charge in [-0.05, 0) is 19.3 Å². The minimum Gasteiger partial charge on any atom is -0.377 e. The SMILES string of the molecule is COC1C(Cl)CC1OC1CCCCCC1. The molecule has 2 fully saturated rings. The lowest BCUT2D eigenvalue weighted by atomic mass is 9.90. The van der Waals surface area contributed by atoms with Crippen LogP contribution in [0.15, 0.2) is 0 Å². The van der Waals surface area contributed by atoms with Gasteiger partial charge in [0, 0.05) is 7.11 Å². The van der Waals surface area contributed by atoms with Crippen LogP contribution in [0.3, 0.4) is 0 Å². The van der Waals surface area contributed by atoms with E-state index in [2.05, 4.69) is 0 Å². The maximum Gasteiger partial charge on any atom is 0.0997 e. The van der Waals surface area contributed by atoms with Crippen LogP contribution in [-0.4, -0.2) is 30.8 Å². The lowest BCUT2D eigenvalue weighted by molar-refractivity contribution is -0.139. The van der Waals surface area contributed by atoms with E-state index in [4.69, 9.17) is 21.1 Å². The summed E-state index contributed by atoms with van der Waals surface area (Å²) >= 11 is 6.05. The van der Waals surface area contributed by atoms with Gasteiger partial charge in [-0.25, -0.2) is 0 Å². The fourth-order valence-corrected chi connectivity index (χ4v) is 3.03. The van der Waals surface area contributed by atoms with Crippen molar-refractivity contribution in [2.24, 2.45) is 0 Å². The molecule has 2 aliphatic carbocycles. The molecule has 2 rings (SSSR count). The van der Waals surface area contributed by atoms with Crippen LogP contribution in [-0.2, 0) is 9.47 Å². The molecule has 3 atom stereocenters. The summed E-state index contributed by atoms with van der Waals surface area (Å²) < 4.78 is 11.4. The second-order valence-corrected chi connectivity index (χ2v) is 5.30. The van der Waals surface area contributed by atoms with Crippen molar-refractivity contribution in [1.82, 2.24) is 0 Å². The van der Waals surface area contributed by atoms with Gasteiger partial charge in [-0.1, -0.05) is 25.7 Å². The molecule has 0 aromatic heterocycles. The Labute approximate surface area is 97.3 Å². The first-order valence-electron chi connectivity index (χ1n) is 6.13. The Morgan fingerprint density at radius 2 is 1.73 bits per heavy atom. The van der Waals surface area contributed by atoms with Crippen LogP contribution in [0.2, 0.25) is 0 Å². The summed E-state index contributed by atoms with van der Waals surface area (Å²) in [6.07, 6.45) is 9.61. The number of methoxy groups -OCH3 is 1. The fourth-order valence-electron chi connectivity index (χ4n) is 2.58. The number of ether oxygens (including phenoxy) is 2. The lowest BCUT2D eigenvalue weighted by Gasteiger charge is -2.41. The fraction of sp³-hybridized carbons (Fsp3) is 1.00. The Morgan fingerprint density at radius 1 is 1.07 bits per heavy atom. The zero-order valence-electron chi connectivity index (χ0n) is 9.45. The van der Waals surface area contributed by atoms with Crippen molar-refractivity contribution >= 4 is 11.6 Å². The van der Waals surface area contributed by atoms with E-state index >= 15 is 0 Å². The van der Waals surface area contributed by atoms with Crippen LogP contribution in [0.25, 0.3) is 0 Å². The van der Waals surface area contributed by atoms with Crippen molar-refractivity contribution < 1.29 is 9.47 Å². The van der Waals surface area contributed by atoms with E-state index in [9.17, 15) is 0 Å². The van der Waals surface area contributed by atoms with E-state index in [1.165, 1.54) is 38.5 Å².